The molecule has 0 fully saturated rings. The van der Waals surface area contributed by atoms with Gasteiger partial charge in [0.2, 0.25) is 0 Å². The number of alkyl halides is 2. The Kier molecular flexibility index (Phi) is 6.51. The molecule has 1 aromatic heterocycles. The minimum Gasteiger partial charge on any atom is -0.484 e. The highest BCUT2D eigenvalue weighted by Crippen LogP contribution is 2.31. The number of carbonyl (C=O) groups is 1. The Morgan fingerprint density at radius 3 is 2.37 bits per heavy atom. The number of ether oxygens (including phenoxy) is 1. The van der Waals surface area contributed by atoms with E-state index in [1.165, 1.54) is 30.3 Å². The van der Waals surface area contributed by atoms with E-state index in [-0.39, 0.29) is 5.82 Å². The van der Waals surface area contributed by atoms with Gasteiger partial charge in [0, 0.05) is 12.3 Å². The molecule has 0 aliphatic carbocycles. The van der Waals surface area contributed by atoms with E-state index in [0.717, 1.165) is 10.9 Å². The molecule has 0 saturated heterocycles. The Morgan fingerprint density at radius 1 is 1.03 bits per heavy atom. The summed E-state index contributed by atoms with van der Waals surface area (Å²) in [6.45, 7) is 3.73. The summed E-state index contributed by atoms with van der Waals surface area (Å²) in [5, 5.41) is 7.37. The molecule has 4 rings (SSSR count). The van der Waals surface area contributed by atoms with Gasteiger partial charge >= 0.3 is 5.92 Å². The van der Waals surface area contributed by atoms with Crippen LogP contribution in [0, 0.1) is 18.6 Å². The zero-order valence-corrected chi connectivity index (χ0v) is 19.2. The van der Waals surface area contributed by atoms with Gasteiger partial charge in [-0.15, -0.1) is 0 Å². The number of benzene rings is 3. The zero-order chi connectivity index (χ0) is 25.3. The van der Waals surface area contributed by atoms with Gasteiger partial charge in [-0.25, -0.2) is 13.5 Å². The normalized spacial score (nSPS) is 13.5. The SMILES string of the molecule is Cc1cc(F)ccc1[C@@H](Oc1ccc2c(cnn2-c2ccc(F)cc2)c1)[C@H](C)NC(=O)C(C)(F)F. The standard InChI is InChI=1S/C26H23F4N3O2/c1-15-12-19(28)6-10-22(15)24(16(2)32-25(34)26(3,29)30)35-21-9-11-23-17(13-21)14-31-33(23)20-7-4-18(27)5-8-20/h4-14,16,24H,1-3H3,(H,32,34)/t16-,24-/m0/s1. The van der Waals surface area contributed by atoms with Gasteiger partial charge in [0.05, 0.1) is 23.4 Å². The van der Waals surface area contributed by atoms with E-state index < -0.39 is 29.8 Å². The maximum atomic E-state index is 13.7. The first-order chi connectivity index (χ1) is 16.5. The molecular weight excluding hydrogens is 462 g/mol. The van der Waals surface area contributed by atoms with Crippen LogP contribution in [0.2, 0.25) is 0 Å². The van der Waals surface area contributed by atoms with E-state index in [0.29, 0.717) is 29.5 Å². The lowest BCUT2D eigenvalue weighted by atomic mass is 9.98. The number of nitrogens with zero attached hydrogens (tertiary/aromatic N) is 2. The summed E-state index contributed by atoms with van der Waals surface area (Å²) in [4.78, 5) is 11.9. The van der Waals surface area contributed by atoms with Crippen LogP contribution in [0.25, 0.3) is 16.6 Å². The molecule has 0 saturated carbocycles. The average molecular weight is 485 g/mol. The van der Waals surface area contributed by atoms with Crippen molar-refractivity contribution in [3.8, 4) is 11.4 Å². The quantitative estimate of drug-likeness (QED) is 0.332. The summed E-state index contributed by atoms with van der Waals surface area (Å²) in [5.74, 6) is -5.41. The van der Waals surface area contributed by atoms with Crippen LogP contribution < -0.4 is 10.1 Å². The number of hydrogen-bond acceptors (Lipinski definition) is 3. The number of nitrogens with one attached hydrogen (secondary N) is 1. The number of hydrogen-bond donors (Lipinski definition) is 1. The minimum atomic E-state index is -3.56. The Morgan fingerprint density at radius 2 is 1.71 bits per heavy atom. The summed E-state index contributed by atoms with van der Waals surface area (Å²) >= 11 is 0. The van der Waals surface area contributed by atoms with Gasteiger partial charge in [-0.1, -0.05) is 6.07 Å². The second-order valence-corrected chi connectivity index (χ2v) is 8.44. The Labute approximate surface area is 199 Å². The van der Waals surface area contributed by atoms with Gasteiger partial charge in [-0.3, -0.25) is 4.79 Å². The maximum Gasteiger partial charge on any atom is 0.321 e. The highest BCUT2D eigenvalue weighted by molar-refractivity contribution is 5.83. The molecule has 0 unspecified atom stereocenters. The molecular formula is C26H23F4N3O2. The number of fused-ring (bicyclic) bond motifs is 1. The fourth-order valence-corrected chi connectivity index (χ4v) is 3.82. The predicted octanol–water partition coefficient (Wildman–Crippen LogP) is 5.89. The van der Waals surface area contributed by atoms with Crippen molar-refractivity contribution >= 4 is 16.8 Å². The van der Waals surface area contributed by atoms with Crippen LogP contribution in [0.3, 0.4) is 0 Å². The third kappa shape index (κ3) is 5.29. The molecule has 0 aliphatic rings. The van der Waals surface area contributed by atoms with Crippen molar-refractivity contribution in [2.24, 2.45) is 0 Å². The lowest BCUT2D eigenvalue weighted by molar-refractivity contribution is -0.144. The van der Waals surface area contributed by atoms with Gasteiger partial charge in [0.25, 0.3) is 5.91 Å². The van der Waals surface area contributed by atoms with Crippen LogP contribution in [0.1, 0.15) is 31.1 Å². The van der Waals surface area contributed by atoms with Crippen molar-refractivity contribution < 1.29 is 27.1 Å². The fraction of sp³-hybridized carbons (Fsp3) is 0.231. The molecule has 0 radical (unpaired) electrons. The Bertz CT molecular complexity index is 1360. The molecule has 9 heteroatoms. The average Bonchev–Trinajstić information content (AvgIpc) is 3.21. The van der Waals surface area contributed by atoms with Crippen molar-refractivity contribution in [1.82, 2.24) is 15.1 Å². The molecule has 182 valence electrons. The third-order valence-corrected chi connectivity index (χ3v) is 5.62. The molecule has 3 aromatic carbocycles. The maximum absolute atomic E-state index is 13.7. The van der Waals surface area contributed by atoms with Crippen LogP contribution in [0.15, 0.2) is 66.9 Å². The third-order valence-electron chi connectivity index (χ3n) is 5.62. The van der Waals surface area contributed by atoms with Crippen LogP contribution >= 0.6 is 0 Å². The van der Waals surface area contributed by atoms with Gasteiger partial charge in [-0.05, 0) is 79.6 Å². The molecule has 0 bridgehead atoms. The number of aryl methyl sites for hydroxylation is 1. The molecule has 5 nitrogen and oxygen atoms in total. The predicted molar refractivity (Wildman–Crippen MR) is 124 cm³/mol. The molecule has 4 aromatic rings. The summed E-state index contributed by atoms with van der Waals surface area (Å²) in [6.07, 6.45) is 0.735. The van der Waals surface area contributed by atoms with E-state index in [1.807, 2.05) is 0 Å². The monoisotopic (exact) mass is 485 g/mol. The fourth-order valence-electron chi connectivity index (χ4n) is 3.82. The highest BCUT2D eigenvalue weighted by atomic mass is 19.3. The van der Waals surface area contributed by atoms with Gasteiger partial charge in [0.15, 0.2) is 0 Å². The van der Waals surface area contributed by atoms with Crippen molar-refractivity contribution in [3.63, 3.8) is 0 Å². The van der Waals surface area contributed by atoms with Crippen LogP contribution in [0.4, 0.5) is 17.6 Å². The minimum absolute atomic E-state index is 0.356. The topological polar surface area (TPSA) is 56.1 Å². The van der Waals surface area contributed by atoms with E-state index in [1.54, 1.807) is 55.1 Å². The van der Waals surface area contributed by atoms with Crippen molar-refractivity contribution in [2.45, 2.75) is 38.8 Å². The lowest BCUT2D eigenvalue weighted by Crippen LogP contribution is -2.46. The van der Waals surface area contributed by atoms with Crippen molar-refractivity contribution in [2.75, 3.05) is 0 Å². The molecule has 2 atom stereocenters. The second kappa shape index (κ2) is 9.40. The number of carbonyl (C=O) groups excluding carboxylic acids is 1. The van der Waals surface area contributed by atoms with Crippen LogP contribution in [0.5, 0.6) is 5.75 Å². The number of rotatable bonds is 7. The zero-order valence-electron chi connectivity index (χ0n) is 19.2. The van der Waals surface area contributed by atoms with Crippen LogP contribution in [-0.4, -0.2) is 27.7 Å². The van der Waals surface area contributed by atoms with E-state index in [9.17, 15) is 22.4 Å². The number of halogens is 4. The molecule has 1 N–H and O–H groups in total. The summed E-state index contributed by atoms with van der Waals surface area (Å²) < 4.78 is 61.8. The first kappa shape index (κ1) is 24.3. The second-order valence-electron chi connectivity index (χ2n) is 8.44. The molecule has 35 heavy (non-hydrogen) atoms. The smallest absolute Gasteiger partial charge is 0.321 e. The summed E-state index contributed by atoms with van der Waals surface area (Å²) in [6, 6.07) is 14.2. The van der Waals surface area contributed by atoms with Crippen molar-refractivity contribution in [3.05, 3.63) is 89.6 Å². The summed E-state index contributed by atoms with van der Waals surface area (Å²) in [7, 11) is 0. The largest absolute Gasteiger partial charge is 0.484 e. The van der Waals surface area contributed by atoms with Crippen molar-refractivity contribution in [1.29, 1.82) is 0 Å². The number of amides is 1. The summed E-state index contributed by atoms with van der Waals surface area (Å²) in [5.41, 5.74) is 2.50. The lowest BCUT2D eigenvalue weighted by Gasteiger charge is -2.28. The molecule has 0 aliphatic heterocycles. The van der Waals surface area contributed by atoms with Crippen LogP contribution in [-0.2, 0) is 4.79 Å². The molecule has 0 spiro atoms. The van der Waals surface area contributed by atoms with E-state index in [2.05, 4.69) is 10.4 Å². The molecule has 1 heterocycles. The number of aromatic nitrogens is 2. The first-order valence-electron chi connectivity index (χ1n) is 10.9. The Balaban J connectivity index is 1.67. The van der Waals surface area contributed by atoms with E-state index >= 15 is 0 Å². The van der Waals surface area contributed by atoms with Gasteiger partial charge in [-0.2, -0.15) is 13.9 Å². The van der Waals surface area contributed by atoms with E-state index in [4.69, 9.17) is 4.74 Å². The molecule has 1 amide bonds. The first-order valence-corrected chi connectivity index (χ1v) is 10.9. The van der Waals surface area contributed by atoms with Gasteiger partial charge in [0.1, 0.15) is 23.5 Å². The highest BCUT2D eigenvalue weighted by Gasteiger charge is 2.35. The Hall–Kier alpha value is -3.88. The van der Waals surface area contributed by atoms with Gasteiger partial charge < -0.3 is 10.1 Å².